The highest BCUT2D eigenvalue weighted by atomic mass is 16.1. The van der Waals surface area contributed by atoms with Gasteiger partial charge in [-0.15, -0.1) is 0 Å². The zero-order valence-corrected chi connectivity index (χ0v) is 15.8. The molecule has 0 aromatic carbocycles. The van der Waals surface area contributed by atoms with Gasteiger partial charge in [-0.25, -0.2) is 0 Å². The van der Waals surface area contributed by atoms with Crippen molar-refractivity contribution in [3.8, 4) is 0 Å². The fraction of sp³-hybridized carbons (Fsp3) is 0.737. The topological polar surface area (TPSA) is 57.7 Å². The maximum Gasteiger partial charge on any atom is 0.150 e. The number of Topliss-reactive ketones (excluding diaryl/α,β-unsaturated/α-hetero) is 3. The van der Waals surface area contributed by atoms with Crippen LogP contribution < -0.4 is 0 Å². The van der Waals surface area contributed by atoms with Crippen molar-refractivity contribution in [3.05, 3.63) is 12.2 Å². The smallest absolute Gasteiger partial charge is 0.150 e. The second kappa shape index (κ2) is 9.23. The van der Waals surface area contributed by atoms with E-state index < -0.39 is 0 Å². The highest BCUT2D eigenvalue weighted by molar-refractivity contribution is 5.84. The van der Waals surface area contributed by atoms with Crippen molar-refractivity contribution in [2.24, 2.45) is 17.8 Å². The Kier molecular flexibility index (Phi) is 7.97. The van der Waals surface area contributed by atoms with Crippen LogP contribution in [0.3, 0.4) is 0 Å². The third-order valence-electron chi connectivity index (χ3n) is 4.91. The molecule has 1 rings (SSSR count). The van der Waals surface area contributed by atoms with Crippen LogP contribution in [0, 0.1) is 17.8 Å². The number of rotatable bonds is 5. The Hall–Kier alpha value is -1.33. The fourth-order valence-electron chi connectivity index (χ4n) is 2.86. The summed E-state index contributed by atoms with van der Waals surface area (Å²) >= 11 is 0. The molecule has 136 valence electrons. The summed E-state index contributed by atoms with van der Waals surface area (Å²) in [6.07, 6.45) is 0. The minimum Gasteiger partial charge on any atom is -0.299 e. The van der Waals surface area contributed by atoms with Crippen molar-refractivity contribution < 1.29 is 14.4 Å². The number of hydrogen-bond donors (Lipinski definition) is 0. The van der Waals surface area contributed by atoms with Crippen molar-refractivity contribution >= 4 is 17.3 Å². The van der Waals surface area contributed by atoms with Crippen LogP contribution in [-0.4, -0.2) is 66.4 Å². The molecule has 0 aliphatic carbocycles. The molecule has 1 saturated heterocycles. The van der Waals surface area contributed by atoms with Crippen molar-refractivity contribution in [2.75, 3.05) is 39.3 Å². The van der Waals surface area contributed by atoms with Crippen LogP contribution in [0.15, 0.2) is 12.2 Å². The van der Waals surface area contributed by atoms with E-state index in [9.17, 15) is 14.4 Å². The molecular formula is C19H32N2O3. The third kappa shape index (κ3) is 6.29. The Morgan fingerprint density at radius 1 is 1.08 bits per heavy atom. The van der Waals surface area contributed by atoms with E-state index in [0.717, 1.165) is 5.57 Å². The summed E-state index contributed by atoms with van der Waals surface area (Å²) in [5.41, 5.74) is 0.993. The van der Waals surface area contributed by atoms with E-state index in [1.807, 2.05) is 32.6 Å². The lowest BCUT2D eigenvalue weighted by Gasteiger charge is -2.33. The molecule has 0 aromatic rings. The highest BCUT2D eigenvalue weighted by Crippen LogP contribution is 2.22. The molecule has 0 radical (unpaired) electrons. The number of ketones is 3. The van der Waals surface area contributed by atoms with Gasteiger partial charge in [-0.1, -0.05) is 39.8 Å². The molecule has 0 spiro atoms. The normalized spacial score (nSPS) is 25.1. The van der Waals surface area contributed by atoms with E-state index in [2.05, 4.69) is 11.5 Å². The van der Waals surface area contributed by atoms with Crippen LogP contribution in [-0.2, 0) is 14.4 Å². The summed E-state index contributed by atoms with van der Waals surface area (Å²) < 4.78 is 0. The van der Waals surface area contributed by atoms with Crippen molar-refractivity contribution in [2.45, 2.75) is 34.6 Å². The molecule has 0 N–H and O–H groups in total. The summed E-state index contributed by atoms with van der Waals surface area (Å²) in [6, 6.07) is 0. The second-order valence-corrected chi connectivity index (χ2v) is 7.45. The Morgan fingerprint density at radius 2 is 1.62 bits per heavy atom. The summed E-state index contributed by atoms with van der Waals surface area (Å²) in [5, 5.41) is 0. The molecule has 0 saturated carbocycles. The van der Waals surface area contributed by atoms with E-state index in [-0.39, 0.29) is 48.2 Å². The van der Waals surface area contributed by atoms with E-state index in [1.165, 1.54) is 6.92 Å². The predicted molar refractivity (Wildman–Crippen MR) is 95.9 cm³/mol. The standard InChI is InChI=1S/C19H32N2O3/c1-13(2)18(23)11-20-7-8-21(10-15(4)22)12-19(24)17(6)16(5)14(3)9-20/h13,16-17H,3,7-12H2,1-2,4-6H3. The third-order valence-corrected chi connectivity index (χ3v) is 4.91. The maximum atomic E-state index is 12.5. The van der Waals surface area contributed by atoms with E-state index in [1.54, 1.807) is 0 Å². The molecule has 2 unspecified atom stereocenters. The second-order valence-electron chi connectivity index (χ2n) is 7.45. The predicted octanol–water partition coefficient (Wildman–Crippen LogP) is 1.82. The van der Waals surface area contributed by atoms with Crippen LogP contribution in [0.2, 0.25) is 0 Å². The van der Waals surface area contributed by atoms with E-state index in [0.29, 0.717) is 26.2 Å². The van der Waals surface area contributed by atoms with Gasteiger partial charge in [0.2, 0.25) is 0 Å². The molecule has 0 amide bonds. The average molecular weight is 336 g/mol. The van der Waals surface area contributed by atoms with E-state index >= 15 is 0 Å². The van der Waals surface area contributed by atoms with E-state index in [4.69, 9.17) is 0 Å². The Balaban J connectivity index is 2.93. The van der Waals surface area contributed by atoms with Gasteiger partial charge in [-0.2, -0.15) is 0 Å². The molecule has 24 heavy (non-hydrogen) atoms. The lowest BCUT2D eigenvalue weighted by atomic mass is 9.85. The van der Waals surface area contributed by atoms with Gasteiger partial charge >= 0.3 is 0 Å². The Bertz CT molecular complexity index is 499. The van der Waals surface area contributed by atoms with Crippen LogP contribution >= 0.6 is 0 Å². The zero-order valence-electron chi connectivity index (χ0n) is 15.8. The first kappa shape index (κ1) is 20.7. The average Bonchev–Trinajstić information content (AvgIpc) is 2.48. The van der Waals surface area contributed by atoms with Gasteiger partial charge in [0, 0.05) is 31.5 Å². The maximum absolute atomic E-state index is 12.5. The van der Waals surface area contributed by atoms with Crippen molar-refractivity contribution in [1.29, 1.82) is 0 Å². The largest absolute Gasteiger partial charge is 0.299 e. The minimum atomic E-state index is -0.132. The molecular weight excluding hydrogens is 304 g/mol. The monoisotopic (exact) mass is 336 g/mol. The molecule has 1 aliphatic heterocycles. The van der Waals surface area contributed by atoms with Gasteiger partial charge in [0.05, 0.1) is 19.6 Å². The molecule has 1 fully saturated rings. The number of carbonyl (C=O) groups excluding carboxylic acids is 3. The van der Waals surface area contributed by atoms with Gasteiger partial charge in [-0.3, -0.25) is 24.2 Å². The van der Waals surface area contributed by atoms with Gasteiger partial charge in [0.1, 0.15) is 17.3 Å². The highest BCUT2D eigenvalue weighted by Gasteiger charge is 2.27. The summed E-state index contributed by atoms with van der Waals surface area (Å²) in [5.74, 6) is 0.334. The molecule has 1 aliphatic rings. The van der Waals surface area contributed by atoms with Crippen LogP contribution in [0.1, 0.15) is 34.6 Å². The van der Waals surface area contributed by atoms with Crippen LogP contribution in [0.25, 0.3) is 0 Å². The summed E-state index contributed by atoms with van der Waals surface area (Å²) in [6.45, 7) is 16.3. The molecule has 0 aromatic heterocycles. The van der Waals surface area contributed by atoms with Gasteiger partial charge in [0.15, 0.2) is 0 Å². The molecule has 5 heteroatoms. The van der Waals surface area contributed by atoms with Crippen LogP contribution in [0.5, 0.6) is 0 Å². The zero-order chi connectivity index (χ0) is 18.4. The lowest BCUT2D eigenvalue weighted by molar-refractivity contribution is -0.127. The molecule has 5 nitrogen and oxygen atoms in total. The number of nitrogens with zero attached hydrogens (tertiary/aromatic N) is 2. The van der Waals surface area contributed by atoms with Gasteiger partial charge in [0.25, 0.3) is 0 Å². The number of hydrogen-bond acceptors (Lipinski definition) is 5. The summed E-state index contributed by atoms with van der Waals surface area (Å²) in [7, 11) is 0. The van der Waals surface area contributed by atoms with Gasteiger partial charge < -0.3 is 0 Å². The first-order chi connectivity index (χ1) is 11.1. The first-order valence-electron chi connectivity index (χ1n) is 8.79. The van der Waals surface area contributed by atoms with Gasteiger partial charge in [-0.05, 0) is 12.8 Å². The quantitative estimate of drug-likeness (QED) is 0.717. The van der Waals surface area contributed by atoms with Crippen LogP contribution in [0.4, 0.5) is 0 Å². The first-order valence-corrected chi connectivity index (χ1v) is 8.79. The molecule has 0 bridgehead atoms. The lowest BCUT2D eigenvalue weighted by Crippen LogP contribution is -2.45. The van der Waals surface area contributed by atoms with Crippen molar-refractivity contribution in [3.63, 3.8) is 0 Å². The minimum absolute atomic E-state index is 0.0000753. The SMILES string of the molecule is C=C1CN(CC(=O)C(C)C)CCN(CC(C)=O)CC(=O)C(C)C1C. The Morgan fingerprint density at radius 3 is 2.12 bits per heavy atom. The fourth-order valence-corrected chi connectivity index (χ4v) is 2.86. The number of carbonyl (C=O) groups is 3. The summed E-state index contributed by atoms with van der Waals surface area (Å²) in [4.78, 5) is 40.1. The molecule has 1 heterocycles. The van der Waals surface area contributed by atoms with Crippen molar-refractivity contribution in [1.82, 2.24) is 9.80 Å². The molecule has 2 atom stereocenters. The Labute approximate surface area is 146 Å².